The zero-order valence-electron chi connectivity index (χ0n) is 24.3. The second-order valence-corrected chi connectivity index (χ2v) is 13.1. The Morgan fingerprint density at radius 3 is 2.73 bits per heavy atom. The highest BCUT2D eigenvalue weighted by atomic mass is 16.7. The van der Waals surface area contributed by atoms with Crippen molar-refractivity contribution in [2.75, 3.05) is 20.1 Å². The van der Waals surface area contributed by atoms with Gasteiger partial charge in [-0.2, -0.15) is 0 Å². The van der Waals surface area contributed by atoms with E-state index in [0.717, 1.165) is 23.1 Å². The molecule has 7 rings (SSSR count). The molecule has 4 aliphatic heterocycles. The lowest BCUT2D eigenvalue weighted by molar-refractivity contribution is -0.323. The van der Waals surface area contributed by atoms with Gasteiger partial charge in [-0.05, 0) is 55.0 Å². The Hall–Kier alpha value is -3.21. The van der Waals surface area contributed by atoms with Crippen molar-refractivity contribution < 1.29 is 24.2 Å². The number of H-pyrrole nitrogens is 1. The van der Waals surface area contributed by atoms with Crippen LogP contribution in [-0.2, 0) is 25.5 Å². The van der Waals surface area contributed by atoms with Gasteiger partial charge < -0.3 is 20.3 Å². The van der Waals surface area contributed by atoms with Crippen molar-refractivity contribution in [3.05, 3.63) is 41.6 Å². The van der Waals surface area contributed by atoms with E-state index in [1.807, 2.05) is 33.0 Å². The van der Waals surface area contributed by atoms with Crippen LogP contribution in [0.25, 0.3) is 16.5 Å². The molecule has 5 heterocycles. The summed E-state index contributed by atoms with van der Waals surface area (Å²) in [7, 11) is 2.03. The topological polar surface area (TPSA) is 118 Å². The molecule has 3 saturated heterocycles. The third-order valence-corrected chi connectivity index (χ3v) is 10.1. The van der Waals surface area contributed by atoms with Crippen molar-refractivity contribution in [2.24, 2.45) is 17.8 Å². The molecule has 0 saturated carbocycles. The van der Waals surface area contributed by atoms with E-state index in [1.54, 1.807) is 18.7 Å². The maximum absolute atomic E-state index is 14.3. The highest BCUT2D eigenvalue weighted by molar-refractivity contribution is 6.01. The lowest BCUT2D eigenvalue weighted by Gasteiger charge is -2.49. The number of rotatable bonds is 4. The van der Waals surface area contributed by atoms with Crippen LogP contribution in [0.5, 0.6) is 0 Å². The van der Waals surface area contributed by atoms with Crippen molar-refractivity contribution >= 4 is 34.2 Å². The van der Waals surface area contributed by atoms with E-state index in [4.69, 9.17) is 4.74 Å². The summed E-state index contributed by atoms with van der Waals surface area (Å²) in [6.07, 6.45) is 6.21. The van der Waals surface area contributed by atoms with Crippen molar-refractivity contribution in [2.45, 2.75) is 76.7 Å². The molecule has 0 bridgehead atoms. The number of carbonyl (C=O) groups is 3. The summed E-state index contributed by atoms with van der Waals surface area (Å²) < 4.78 is 6.40. The quantitative estimate of drug-likeness (QED) is 0.526. The number of aromatic amines is 1. The molecule has 10 nitrogen and oxygen atoms in total. The van der Waals surface area contributed by atoms with Gasteiger partial charge in [0.2, 0.25) is 17.5 Å². The van der Waals surface area contributed by atoms with Crippen LogP contribution in [0.2, 0.25) is 0 Å². The largest absolute Gasteiger partial charge is 0.361 e. The fraction of sp³-hybridized carbons (Fsp3) is 0.581. The number of amides is 3. The van der Waals surface area contributed by atoms with Crippen LogP contribution in [0, 0.1) is 17.8 Å². The summed E-state index contributed by atoms with van der Waals surface area (Å²) >= 11 is 0. The number of benzene rings is 1. The van der Waals surface area contributed by atoms with E-state index < -0.39 is 41.5 Å². The predicted molar refractivity (Wildman–Crippen MR) is 152 cm³/mol. The number of nitrogens with zero attached hydrogens (tertiary/aromatic N) is 3. The summed E-state index contributed by atoms with van der Waals surface area (Å²) in [4.78, 5) is 50.4. The Labute approximate surface area is 239 Å². The van der Waals surface area contributed by atoms with Gasteiger partial charge in [0.1, 0.15) is 12.1 Å². The summed E-state index contributed by atoms with van der Waals surface area (Å²) in [5.74, 6) is -4.36. The lowest BCUT2D eigenvalue weighted by atomic mass is 9.79. The Kier molecular flexibility index (Phi) is 5.79. The van der Waals surface area contributed by atoms with Crippen molar-refractivity contribution in [1.29, 1.82) is 0 Å². The Balaban J connectivity index is 1.25. The Bertz CT molecular complexity index is 1500. The Morgan fingerprint density at radius 2 is 2.00 bits per heavy atom. The Morgan fingerprint density at radius 1 is 1.22 bits per heavy atom. The fourth-order valence-electron chi connectivity index (χ4n) is 7.97. The highest BCUT2D eigenvalue weighted by Crippen LogP contribution is 2.49. The van der Waals surface area contributed by atoms with Crippen LogP contribution in [0.3, 0.4) is 0 Å². The lowest BCUT2D eigenvalue weighted by Crippen LogP contribution is -2.72. The minimum Gasteiger partial charge on any atom is -0.361 e. The summed E-state index contributed by atoms with van der Waals surface area (Å²) in [6.45, 7) is 8.32. The third-order valence-electron chi connectivity index (χ3n) is 10.1. The minimum atomic E-state index is -2.01. The summed E-state index contributed by atoms with van der Waals surface area (Å²) in [5, 5.41) is 16.2. The van der Waals surface area contributed by atoms with E-state index in [2.05, 4.69) is 33.5 Å². The van der Waals surface area contributed by atoms with Gasteiger partial charge in [-0.15, -0.1) is 0 Å². The molecule has 2 aromatic rings. The van der Waals surface area contributed by atoms with Crippen LogP contribution in [0.1, 0.15) is 51.7 Å². The molecule has 3 fully saturated rings. The first-order valence-electron chi connectivity index (χ1n) is 14.9. The molecule has 6 atom stereocenters. The highest BCUT2D eigenvalue weighted by Gasteiger charge is 2.72. The van der Waals surface area contributed by atoms with E-state index in [1.165, 1.54) is 15.8 Å². The molecule has 0 radical (unpaired) electrons. The van der Waals surface area contributed by atoms with Gasteiger partial charge in [-0.3, -0.25) is 28.9 Å². The van der Waals surface area contributed by atoms with Gasteiger partial charge in [0.25, 0.3) is 11.8 Å². The number of piperazine rings is 1. The van der Waals surface area contributed by atoms with Crippen molar-refractivity contribution in [1.82, 2.24) is 25.0 Å². The van der Waals surface area contributed by atoms with E-state index in [-0.39, 0.29) is 23.8 Å². The molecule has 1 aromatic carbocycles. The van der Waals surface area contributed by atoms with Crippen LogP contribution in [0.4, 0.5) is 0 Å². The van der Waals surface area contributed by atoms with Crippen LogP contribution >= 0.6 is 0 Å². The zero-order valence-corrected chi connectivity index (χ0v) is 24.3. The van der Waals surface area contributed by atoms with Gasteiger partial charge >= 0.3 is 0 Å². The molecule has 1 aromatic heterocycles. The first-order valence-corrected chi connectivity index (χ1v) is 14.9. The molecule has 0 spiro atoms. The van der Waals surface area contributed by atoms with Crippen LogP contribution in [0.15, 0.2) is 30.5 Å². The SMILES string of the molecule is CC(C)[C@H]1C(=O)N2CCC[C@H]2[C@]2(O)O[C@](NC(=O)[C@H]3C=C4c5cccc6[nH]cc(c56)C[C@@H]4N(C)C3)(C(C)C)C(=O)N12. The maximum atomic E-state index is 14.3. The van der Waals surface area contributed by atoms with Gasteiger partial charge in [-0.25, -0.2) is 0 Å². The molecule has 218 valence electrons. The monoisotopic (exact) mass is 561 g/mol. The number of aromatic nitrogens is 1. The molecule has 41 heavy (non-hydrogen) atoms. The number of nitrogens with one attached hydrogen (secondary N) is 2. The third kappa shape index (κ3) is 3.50. The molecule has 1 aliphatic carbocycles. The van der Waals surface area contributed by atoms with Gasteiger partial charge in [0, 0.05) is 42.1 Å². The van der Waals surface area contributed by atoms with E-state index >= 15 is 0 Å². The molecule has 10 heteroatoms. The van der Waals surface area contributed by atoms with Gasteiger partial charge in [-0.1, -0.05) is 45.9 Å². The number of fused-ring (bicyclic) bond motifs is 5. The first kappa shape index (κ1) is 26.7. The number of carbonyl (C=O) groups excluding carboxylic acids is 3. The number of hydrogen-bond acceptors (Lipinski definition) is 6. The van der Waals surface area contributed by atoms with Crippen LogP contribution in [-0.4, -0.2) is 92.4 Å². The maximum Gasteiger partial charge on any atom is 0.281 e. The molecule has 5 aliphatic rings. The van der Waals surface area contributed by atoms with Crippen LogP contribution < -0.4 is 5.32 Å². The molecule has 0 unspecified atom stereocenters. The number of likely N-dealkylation sites (N-methyl/N-ethyl adjacent to an activating group) is 1. The zero-order chi connectivity index (χ0) is 29.0. The van der Waals surface area contributed by atoms with E-state index in [9.17, 15) is 19.5 Å². The van der Waals surface area contributed by atoms with Gasteiger partial charge in [0.05, 0.1) is 5.92 Å². The first-order chi connectivity index (χ1) is 19.5. The van der Waals surface area contributed by atoms with Gasteiger partial charge in [0.15, 0.2) is 0 Å². The van der Waals surface area contributed by atoms with E-state index in [0.29, 0.717) is 25.9 Å². The number of aliphatic hydroxyl groups is 1. The average Bonchev–Trinajstić information content (AvgIpc) is 3.64. The normalized spacial score (nSPS) is 34.8. The second kappa shape index (κ2) is 8.89. The second-order valence-electron chi connectivity index (χ2n) is 13.1. The smallest absolute Gasteiger partial charge is 0.281 e. The molecular weight excluding hydrogens is 522 g/mol. The summed E-state index contributed by atoms with van der Waals surface area (Å²) in [5.41, 5.74) is 2.78. The predicted octanol–water partition coefficient (Wildman–Crippen LogP) is 2.04. The molecule has 3 amide bonds. The standard InChI is InChI=1S/C31H39N5O5/c1-16(2)26-28(38)35-11-7-10-24(35)31(40)36(26)29(39)30(41-31,17(3)4)33-27(37)19-12-21-20-8-6-9-22-25(20)18(14-32-22)13-23(21)34(5)15-19/h6,8-9,12,14,16-17,19,23-24,26,32,40H,7,10-11,13,15H2,1-5H3,(H,33,37)/t19-,23-,24-,26-,30+,31-/m0/s1. The summed E-state index contributed by atoms with van der Waals surface area (Å²) in [6, 6.07) is 4.80. The van der Waals surface area contributed by atoms with Crippen molar-refractivity contribution in [3.8, 4) is 0 Å². The fourth-order valence-corrected chi connectivity index (χ4v) is 7.97. The number of ether oxygens (including phenoxy) is 1. The molecular formula is C31H39N5O5. The number of hydrogen-bond donors (Lipinski definition) is 3. The van der Waals surface area contributed by atoms with Crippen molar-refractivity contribution in [3.63, 3.8) is 0 Å². The average molecular weight is 562 g/mol. The minimum absolute atomic E-state index is 0.150. The molecule has 3 N–H and O–H groups in total.